The molecule has 1 rings (SSSR count). The van der Waals surface area contributed by atoms with Gasteiger partial charge < -0.3 is 4.74 Å². The van der Waals surface area contributed by atoms with E-state index in [2.05, 4.69) is 13.5 Å². The van der Waals surface area contributed by atoms with Crippen LogP contribution in [0, 0.1) is 5.92 Å². The SMILES string of the molecule is C=C1OCCC1CCCCCCC. The van der Waals surface area contributed by atoms with E-state index in [1.54, 1.807) is 0 Å². The van der Waals surface area contributed by atoms with Crippen LogP contribution >= 0.6 is 0 Å². The van der Waals surface area contributed by atoms with Gasteiger partial charge in [-0.25, -0.2) is 0 Å². The lowest BCUT2D eigenvalue weighted by molar-refractivity contribution is 0.259. The summed E-state index contributed by atoms with van der Waals surface area (Å²) in [5, 5.41) is 0. The summed E-state index contributed by atoms with van der Waals surface area (Å²) in [5.74, 6) is 1.71. The Morgan fingerprint density at radius 1 is 1.31 bits per heavy atom. The van der Waals surface area contributed by atoms with Gasteiger partial charge in [-0.15, -0.1) is 0 Å². The second kappa shape index (κ2) is 6.06. The summed E-state index contributed by atoms with van der Waals surface area (Å²) in [6.45, 7) is 7.09. The van der Waals surface area contributed by atoms with E-state index in [9.17, 15) is 0 Å². The van der Waals surface area contributed by atoms with Crippen LogP contribution in [0.2, 0.25) is 0 Å². The molecule has 1 aliphatic rings. The van der Waals surface area contributed by atoms with Crippen molar-refractivity contribution in [3.63, 3.8) is 0 Å². The molecule has 0 amide bonds. The Labute approximate surface area is 82.2 Å². The standard InChI is InChI=1S/C12H22O/c1-3-4-5-6-7-8-12-9-10-13-11(12)2/h12H,2-10H2,1H3. The van der Waals surface area contributed by atoms with Crippen molar-refractivity contribution in [1.82, 2.24) is 0 Å². The lowest BCUT2D eigenvalue weighted by Crippen LogP contribution is -1.96. The average molecular weight is 182 g/mol. The molecule has 1 aliphatic heterocycles. The number of ether oxygens (including phenoxy) is 1. The molecule has 1 nitrogen and oxygen atoms in total. The van der Waals surface area contributed by atoms with Crippen molar-refractivity contribution in [3.8, 4) is 0 Å². The molecular formula is C12H22O. The van der Waals surface area contributed by atoms with Crippen LogP contribution in [0.25, 0.3) is 0 Å². The molecular weight excluding hydrogens is 160 g/mol. The maximum atomic E-state index is 5.35. The van der Waals surface area contributed by atoms with Crippen molar-refractivity contribution in [2.24, 2.45) is 5.92 Å². The first-order valence-electron chi connectivity index (χ1n) is 5.66. The van der Waals surface area contributed by atoms with Crippen molar-refractivity contribution >= 4 is 0 Å². The topological polar surface area (TPSA) is 9.23 Å². The summed E-state index contributed by atoms with van der Waals surface area (Å²) >= 11 is 0. The van der Waals surface area contributed by atoms with Crippen LogP contribution in [0.3, 0.4) is 0 Å². The Morgan fingerprint density at radius 2 is 2.08 bits per heavy atom. The van der Waals surface area contributed by atoms with Gasteiger partial charge in [0.1, 0.15) is 0 Å². The fourth-order valence-electron chi connectivity index (χ4n) is 1.91. The molecule has 0 N–H and O–H groups in total. The van der Waals surface area contributed by atoms with Gasteiger partial charge in [-0.05, 0) is 12.8 Å². The summed E-state index contributed by atoms with van der Waals surface area (Å²) in [6.07, 6.45) is 9.36. The smallest absolute Gasteiger partial charge is 0.0920 e. The molecule has 0 aliphatic carbocycles. The van der Waals surface area contributed by atoms with Gasteiger partial charge in [-0.2, -0.15) is 0 Å². The maximum Gasteiger partial charge on any atom is 0.0920 e. The molecule has 76 valence electrons. The predicted molar refractivity (Wildman–Crippen MR) is 56.6 cm³/mol. The first-order valence-corrected chi connectivity index (χ1v) is 5.66. The van der Waals surface area contributed by atoms with Gasteiger partial charge in [0.2, 0.25) is 0 Å². The fourth-order valence-corrected chi connectivity index (χ4v) is 1.91. The Morgan fingerprint density at radius 3 is 2.69 bits per heavy atom. The molecule has 0 saturated carbocycles. The molecule has 0 bridgehead atoms. The van der Waals surface area contributed by atoms with Crippen LogP contribution in [-0.2, 0) is 4.74 Å². The van der Waals surface area contributed by atoms with E-state index in [0.717, 1.165) is 12.4 Å². The van der Waals surface area contributed by atoms with E-state index in [4.69, 9.17) is 4.74 Å². The summed E-state index contributed by atoms with van der Waals surface area (Å²) < 4.78 is 5.35. The molecule has 1 unspecified atom stereocenters. The number of hydrogen-bond donors (Lipinski definition) is 0. The van der Waals surface area contributed by atoms with Gasteiger partial charge >= 0.3 is 0 Å². The molecule has 1 heteroatoms. The molecule has 1 fully saturated rings. The molecule has 13 heavy (non-hydrogen) atoms. The minimum atomic E-state index is 0.668. The van der Waals surface area contributed by atoms with E-state index >= 15 is 0 Å². The minimum Gasteiger partial charge on any atom is -0.498 e. The highest BCUT2D eigenvalue weighted by atomic mass is 16.5. The zero-order valence-corrected chi connectivity index (χ0v) is 8.85. The number of allylic oxidation sites excluding steroid dienone is 1. The van der Waals surface area contributed by atoms with Crippen LogP contribution < -0.4 is 0 Å². The summed E-state index contributed by atoms with van der Waals surface area (Å²) in [6, 6.07) is 0. The fraction of sp³-hybridized carbons (Fsp3) is 0.833. The normalized spacial score (nSPS) is 21.9. The molecule has 1 atom stereocenters. The molecule has 0 spiro atoms. The largest absolute Gasteiger partial charge is 0.498 e. The molecule has 0 radical (unpaired) electrons. The molecule has 1 saturated heterocycles. The molecule has 0 aromatic heterocycles. The summed E-state index contributed by atoms with van der Waals surface area (Å²) in [4.78, 5) is 0. The van der Waals surface area contributed by atoms with E-state index < -0.39 is 0 Å². The van der Waals surface area contributed by atoms with Crippen LogP contribution in [-0.4, -0.2) is 6.61 Å². The van der Waals surface area contributed by atoms with Crippen molar-refractivity contribution in [3.05, 3.63) is 12.3 Å². The highest BCUT2D eigenvalue weighted by molar-refractivity contribution is 4.95. The highest BCUT2D eigenvalue weighted by Crippen LogP contribution is 2.27. The molecule has 1 heterocycles. The van der Waals surface area contributed by atoms with Gasteiger partial charge in [0.05, 0.1) is 12.4 Å². The summed E-state index contributed by atoms with van der Waals surface area (Å²) in [5.41, 5.74) is 0. The van der Waals surface area contributed by atoms with E-state index in [1.165, 1.54) is 44.9 Å². The van der Waals surface area contributed by atoms with Gasteiger partial charge in [-0.3, -0.25) is 0 Å². The molecule has 0 aromatic carbocycles. The second-order valence-electron chi connectivity index (χ2n) is 4.00. The van der Waals surface area contributed by atoms with Crippen LogP contribution in [0.4, 0.5) is 0 Å². The third kappa shape index (κ3) is 3.84. The van der Waals surface area contributed by atoms with E-state index in [1.807, 2.05) is 0 Å². The Balaban J connectivity index is 1.96. The van der Waals surface area contributed by atoms with E-state index in [-0.39, 0.29) is 0 Å². The Kier molecular flexibility index (Phi) is 4.95. The van der Waals surface area contributed by atoms with E-state index in [0.29, 0.717) is 5.92 Å². The number of unbranched alkanes of at least 4 members (excludes halogenated alkanes) is 4. The van der Waals surface area contributed by atoms with Crippen LogP contribution in [0.5, 0.6) is 0 Å². The number of hydrogen-bond acceptors (Lipinski definition) is 1. The zero-order valence-electron chi connectivity index (χ0n) is 8.85. The molecule has 0 aromatic rings. The predicted octanol–water partition coefficient (Wildman–Crippen LogP) is 3.90. The van der Waals surface area contributed by atoms with Crippen LogP contribution in [0.1, 0.15) is 51.9 Å². The Hall–Kier alpha value is -0.460. The van der Waals surface area contributed by atoms with Gasteiger partial charge in [0.15, 0.2) is 0 Å². The average Bonchev–Trinajstić information content (AvgIpc) is 2.52. The quantitative estimate of drug-likeness (QED) is 0.566. The first-order chi connectivity index (χ1) is 6.34. The number of rotatable bonds is 6. The second-order valence-corrected chi connectivity index (χ2v) is 4.00. The van der Waals surface area contributed by atoms with Crippen molar-refractivity contribution in [2.45, 2.75) is 51.9 Å². The Bertz CT molecular complexity index is 151. The maximum absolute atomic E-state index is 5.35. The zero-order chi connectivity index (χ0) is 9.52. The van der Waals surface area contributed by atoms with Crippen molar-refractivity contribution in [2.75, 3.05) is 6.61 Å². The highest BCUT2D eigenvalue weighted by Gasteiger charge is 2.19. The van der Waals surface area contributed by atoms with Gasteiger partial charge in [0, 0.05) is 5.92 Å². The summed E-state index contributed by atoms with van der Waals surface area (Å²) in [7, 11) is 0. The lowest BCUT2D eigenvalue weighted by atomic mass is 9.98. The van der Waals surface area contributed by atoms with Gasteiger partial charge in [0.25, 0.3) is 0 Å². The van der Waals surface area contributed by atoms with Gasteiger partial charge in [-0.1, -0.05) is 45.6 Å². The van der Waals surface area contributed by atoms with Crippen molar-refractivity contribution < 1.29 is 4.74 Å². The van der Waals surface area contributed by atoms with Crippen molar-refractivity contribution in [1.29, 1.82) is 0 Å². The third-order valence-corrected chi connectivity index (χ3v) is 2.87. The van der Waals surface area contributed by atoms with Crippen LogP contribution in [0.15, 0.2) is 12.3 Å². The lowest BCUT2D eigenvalue weighted by Gasteiger charge is -2.07. The minimum absolute atomic E-state index is 0.668. The monoisotopic (exact) mass is 182 g/mol. The third-order valence-electron chi connectivity index (χ3n) is 2.87. The first kappa shape index (κ1) is 10.6.